The number of ether oxygens (including phenoxy) is 1. The Labute approximate surface area is 102 Å². The van der Waals surface area contributed by atoms with Crippen LogP contribution in [0.2, 0.25) is 0 Å². The third kappa shape index (κ3) is 2.64. The summed E-state index contributed by atoms with van der Waals surface area (Å²) < 4.78 is 56.1. The van der Waals surface area contributed by atoms with E-state index in [1.54, 1.807) is 0 Å². The van der Waals surface area contributed by atoms with Crippen LogP contribution in [0.25, 0.3) is 0 Å². The van der Waals surface area contributed by atoms with Crippen molar-refractivity contribution in [3.8, 4) is 0 Å². The first-order chi connectivity index (χ1) is 8.39. The predicted molar refractivity (Wildman–Crippen MR) is 57.3 cm³/mol. The molecule has 1 aliphatic heterocycles. The first-order valence-corrected chi connectivity index (χ1v) is 5.63. The van der Waals surface area contributed by atoms with Gasteiger partial charge in [-0.15, -0.1) is 0 Å². The van der Waals surface area contributed by atoms with Crippen molar-refractivity contribution in [1.29, 1.82) is 0 Å². The Morgan fingerprint density at radius 3 is 2.61 bits per heavy atom. The molecule has 1 heterocycles. The Morgan fingerprint density at radius 2 is 2.06 bits per heavy atom. The van der Waals surface area contributed by atoms with E-state index in [4.69, 9.17) is 10.5 Å². The summed E-state index contributed by atoms with van der Waals surface area (Å²) in [5.74, 6) is -1.29. The second kappa shape index (κ2) is 4.85. The third-order valence-corrected chi connectivity index (χ3v) is 3.05. The Kier molecular flexibility index (Phi) is 3.59. The first kappa shape index (κ1) is 13.3. The van der Waals surface area contributed by atoms with Gasteiger partial charge >= 0.3 is 6.18 Å². The van der Waals surface area contributed by atoms with Crippen LogP contribution in [0.1, 0.15) is 30.0 Å². The van der Waals surface area contributed by atoms with Crippen molar-refractivity contribution < 1.29 is 22.3 Å². The largest absolute Gasteiger partial charge is 0.419 e. The molecule has 1 aromatic carbocycles. The highest BCUT2D eigenvalue weighted by Gasteiger charge is 2.35. The third-order valence-electron chi connectivity index (χ3n) is 3.05. The molecule has 0 saturated carbocycles. The molecule has 2 N–H and O–H groups in total. The van der Waals surface area contributed by atoms with Crippen LogP contribution in [0, 0.1) is 5.82 Å². The van der Waals surface area contributed by atoms with Crippen molar-refractivity contribution in [3.05, 3.63) is 35.1 Å². The highest BCUT2D eigenvalue weighted by Crippen LogP contribution is 2.34. The molecule has 0 aromatic heterocycles. The van der Waals surface area contributed by atoms with Crippen molar-refractivity contribution >= 4 is 0 Å². The minimum atomic E-state index is -4.71. The molecule has 2 rings (SSSR count). The molecule has 18 heavy (non-hydrogen) atoms. The molecular weight excluding hydrogens is 250 g/mol. The molecule has 2 unspecified atom stereocenters. The molecular formula is C12H13F4NO. The number of hydrogen-bond acceptors (Lipinski definition) is 2. The summed E-state index contributed by atoms with van der Waals surface area (Å²) in [5.41, 5.74) is 4.81. The second-order valence-corrected chi connectivity index (χ2v) is 4.31. The van der Waals surface area contributed by atoms with Gasteiger partial charge in [-0.2, -0.15) is 13.2 Å². The lowest BCUT2D eigenvalue weighted by Gasteiger charge is -2.20. The number of nitrogens with two attached hydrogens (primary N) is 1. The summed E-state index contributed by atoms with van der Waals surface area (Å²) in [4.78, 5) is 0. The summed E-state index contributed by atoms with van der Waals surface area (Å²) in [5, 5.41) is 0. The van der Waals surface area contributed by atoms with E-state index >= 15 is 0 Å². The average Bonchev–Trinajstić information content (AvgIpc) is 2.80. The molecule has 2 nitrogen and oxygen atoms in total. The fourth-order valence-electron chi connectivity index (χ4n) is 2.07. The monoisotopic (exact) mass is 263 g/mol. The van der Waals surface area contributed by atoms with Crippen LogP contribution in [0.15, 0.2) is 18.2 Å². The van der Waals surface area contributed by atoms with E-state index in [0.717, 1.165) is 18.6 Å². The van der Waals surface area contributed by atoms with Crippen LogP contribution in [0.3, 0.4) is 0 Å². The summed E-state index contributed by atoms with van der Waals surface area (Å²) in [6.07, 6.45) is -3.46. The van der Waals surface area contributed by atoms with Gasteiger partial charge < -0.3 is 10.5 Å². The maximum absolute atomic E-state index is 13.1. The van der Waals surface area contributed by atoms with Gasteiger partial charge in [0.1, 0.15) is 5.82 Å². The van der Waals surface area contributed by atoms with E-state index < -0.39 is 23.6 Å². The highest BCUT2D eigenvalue weighted by molar-refractivity contribution is 5.30. The summed E-state index contributed by atoms with van der Waals surface area (Å²) in [7, 11) is 0. The second-order valence-electron chi connectivity index (χ2n) is 4.31. The number of hydrogen-bond donors (Lipinski definition) is 1. The Morgan fingerprint density at radius 1 is 1.33 bits per heavy atom. The van der Waals surface area contributed by atoms with Gasteiger partial charge in [0.05, 0.1) is 17.7 Å². The number of benzene rings is 1. The molecule has 6 heteroatoms. The van der Waals surface area contributed by atoms with Gasteiger partial charge in [0.15, 0.2) is 0 Å². The lowest BCUT2D eigenvalue weighted by Crippen LogP contribution is -2.26. The van der Waals surface area contributed by atoms with Crippen molar-refractivity contribution in [2.24, 2.45) is 5.73 Å². The summed E-state index contributed by atoms with van der Waals surface area (Å²) >= 11 is 0. The lowest BCUT2D eigenvalue weighted by atomic mass is 9.98. The minimum absolute atomic E-state index is 0.246. The van der Waals surface area contributed by atoms with Crippen LogP contribution in [0.5, 0.6) is 0 Å². The average molecular weight is 263 g/mol. The molecule has 0 aliphatic carbocycles. The van der Waals surface area contributed by atoms with Crippen LogP contribution >= 0.6 is 0 Å². The molecule has 0 amide bonds. The normalized spacial score (nSPS) is 22.2. The molecule has 2 atom stereocenters. The quantitative estimate of drug-likeness (QED) is 0.832. The SMILES string of the molecule is NC(c1ccc(F)c(C(F)(F)F)c1)C1CCCO1. The van der Waals surface area contributed by atoms with Gasteiger partial charge in [0.25, 0.3) is 0 Å². The Balaban J connectivity index is 2.28. The molecule has 0 spiro atoms. The summed E-state index contributed by atoms with van der Waals surface area (Å²) in [6, 6.07) is 2.18. The maximum Gasteiger partial charge on any atom is 0.419 e. The van der Waals surface area contributed by atoms with E-state index in [0.29, 0.717) is 13.0 Å². The van der Waals surface area contributed by atoms with Crippen LogP contribution in [0.4, 0.5) is 17.6 Å². The molecule has 1 fully saturated rings. The van der Waals surface area contributed by atoms with E-state index in [9.17, 15) is 17.6 Å². The van der Waals surface area contributed by atoms with Gasteiger partial charge in [0.2, 0.25) is 0 Å². The zero-order chi connectivity index (χ0) is 13.3. The van der Waals surface area contributed by atoms with Crippen LogP contribution < -0.4 is 5.73 Å². The predicted octanol–water partition coefficient (Wildman–Crippen LogP) is 3.02. The Hall–Kier alpha value is -1.14. The van der Waals surface area contributed by atoms with E-state index in [1.807, 2.05) is 0 Å². The van der Waals surface area contributed by atoms with E-state index in [-0.39, 0.29) is 11.7 Å². The van der Waals surface area contributed by atoms with Crippen LogP contribution in [-0.4, -0.2) is 12.7 Å². The molecule has 0 bridgehead atoms. The zero-order valence-electron chi connectivity index (χ0n) is 9.51. The van der Waals surface area contributed by atoms with Gasteiger partial charge in [-0.25, -0.2) is 4.39 Å². The highest BCUT2D eigenvalue weighted by atomic mass is 19.4. The van der Waals surface area contributed by atoms with Gasteiger partial charge in [-0.3, -0.25) is 0 Å². The Bertz CT molecular complexity index is 427. The molecule has 0 radical (unpaired) electrons. The zero-order valence-corrected chi connectivity index (χ0v) is 9.51. The van der Waals surface area contributed by atoms with Gasteiger partial charge in [0, 0.05) is 6.61 Å². The number of halogens is 4. The van der Waals surface area contributed by atoms with Crippen molar-refractivity contribution in [1.82, 2.24) is 0 Å². The number of rotatable bonds is 2. The lowest BCUT2D eigenvalue weighted by molar-refractivity contribution is -0.140. The fourth-order valence-corrected chi connectivity index (χ4v) is 2.07. The molecule has 1 saturated heterocycles. The number of alkyl halides is 3. The summed E-state index contributed by atoms with van der Waals surface area (Å²) in [6.45, 7) is 0.561. The standard InChI is InChI=1S/C12H13F4NO/c13-9-4-3-7(6-8(9)12(14,15)16)11(17)10-2-1-5-18-10/h3-4,6,10-11H,1-2,5,17H2. The van der Waals surface area contributed by atoms with Gasteiger partial charge in [-0.1, -0.05) is 6.07 Å². The smallest absolute Gasteiger partial charge is 0.376 e. The van der Waals surface area contributed by atoms with Crippen molar-refractivity contribution in [2.45, 2.75) is 31.2 Å². The van der Waals surface area contributed by atoms with Gasteiger partial charge in [-0.05, 0) is 30.5 Å². The van der Waals surface area contributed by atoms with Crippen LogP contribution in [-0.2, 0) is 10.9 Å². The first-order valence-electron chi connectivity index (χ1n) is 5.63. The maximum atomic E-state index is 13.1. The van der Waals surface area contributed by atoms with E-state index in [2.05, 4.69) is 0 Å². The van der Waals surface area contributed by atoms with Crippen molar-refractivity contribution in [3.63, 3.8) is 0 Å². The minimum Gasteiger partial charge on any atom is -0.376 e. The fraction of sp³-hybridized carbons (Fsp3) is 0.500. The van der Waals surface area contributed by atoms with Crippen molar-refractivity contribution in [2.75, 3.05) is 6.61 Å². The molecule has 1 aromatic rings. The topological polar surface area (TPSA) is 35.2 Å². The van der Waals surface area contributed by atoms with E-state index in [1.165, 1.54) is 6.07 Å². The molecule has 1 aliphatic rings. The molecule has 100 valence electrons.